The van der Waals surface area contributed by atoms with Crippen LogP contribution >= 0.6 is 11.6 Å². The fourth-order valence-electron chi connectivity index (χ4n) is 1.70. The molecular formula is C14H9ClFNO4. The Morgan fingerprint density at radius 3 is 2.52 bits per heavy atom. The minimum atomic E-state index is -0.655. The lowest BCUT2D eigenvalue weighted by molar-refractivity contribution is -0.385. The van der Waals surface area contributed by atoms with Crippen LogP contribution in [0.1, 0.15) is 17.3 Å². The molecule has 0 aliphatic heterocycles. The number of carbonyl (C=O) groups is 1. The van der Waals surface area contributed by atoms with Crippen molar-refractivity contribution in [1.29, 1.82) is 0 Å². The first-order chi connectivity index (χ1) is 9.88. The second-order valence-electron chi connectivity index (χ2n) is 4.17. The molecule has 108 valence electrons. The standard InChI is InChI=1S/C14H9ClFNO4/c1-8(18)11-7-10(16)3-5-13(11)21-14-4-2-9(15)6-12(14)17(19)20/h2-7H,1H3. The summed E-state index contributed by atoms with van der Waals surface area (Å²) in [6.07, 6.45) is 0. The number of hydrogen-bond donors (Lipinski definition) is 0. The molecular weight excluding hydrogens is 301 g/mol. The van der Waals surface area contributed by atoms with Gasteiger partial charge >= 0.3 is 5.69 Å². The van der Waals surface area contributed by atoms with Crippen LogP contribution in [0.25, 0.3) is 0 Å². The zero-order chi connectivity index (χ0) is 15.6. The summed E-state index contributed by atoms with van der Waals surface area (Å²) in [6, 6.07) is 7.22. The largest absolute Gasteiger partial charge is 0.449 e. The van der Waals surface area contributed by atoms with Gasteiger partial charge in [0.05, 0.1) is 10.5 Å². The Bertz CT molecular complexity index is 671. The van der Waals surface area contributed by atoms with Gasteiger partial charge in [-0.3, -0.25) is 14.9 Å². The Morgan fingerprint density at radius 2 is 1.90 bits per heavy atom. The molecule has 0 fully saturated rings. The van der Waals surface area contributed by atoms with Crippen LogP contribution in [0.15, 0.2) is 36.4 Å². The van der Waals surface area contributed by atoms with E-state index < -0.39 is 16.5 Å². The lowest BCUT2D eigenvalue weighted by atomic mass is 10.1. The van der Waals surface area contributed by atoms with Crippen LogP contribution in [0.4, 0.5) is 10.1 Å². The third kappa shape index (κ3) is 3.35. The van der Waals surface area contributed by atoms with E-state index in [1.54, 1.807) is 0 Å². The summed E-state index contributed by atoms with van der Waals surface area (Å²) in [5.41, 5.74) is -0.347. The quantitative estimate of drug-likeness (QED) is 0.477. The highest BCUT2D eigenvalue weighted by molar-refractivity contribution is 6.30. The van der Waals surface area contributed by atoms with Crippen LogP contribution in [0.3, 0.4) is 0 Å². The maximum Gasteiger partial charge on any atom is 0.313 e. The predicted octanol–water partition coefficient (Wildman–Crippen LogP) is 4.38. The number of rotatable bonds is 4. The molecule has 0 atom stereocenters. The molecule has 0 aliphatic rings. The first-order valence-corrected chi connectivity index (χ1v) is 6.18. The zero-order valence-electron chi connectivity index (χ0n) is 10.8. The van der Waals surface area contributed by atoms with Crippen molar-refractivity contribution in [2.24, 2.45) is 0 Å². The summed E-state index contributed by atoms with van der Waals surface area (Å²) in [6.45, 7) is 1.25. The van der Waals surface area contributed by atoms with Gasteiger partial charge in [-0.05, 0) is 37.3 Å². The smallest absolute Gasteiger partial charge is 0.313 e. The van der Waals surface area contributed by atoms with E-state index in [9.17, 15) is 19.3 Å². The molecule has 0 saturated heterocycles. The molecule has 0 saturated carbocycles. The van der Waals surface area contributed by atoms with Gasteiger partial charge in [-0.2, -0.15) is 0 Å². The van der Waals surface area contributed by atoms with Gasteiger partial charge in [0.25, 0.3) is 0 Å². The van der Waals surface area contributed by atoms with Crippen molar-refractivity contribution in [2.45, 2.75) is 6.92 Å². The number of nitro groups is 1. The average molecular weight is 310 g/mol. The first kappa shape index (κ1) is 14.9. The predicted molar refractivity (Wildman–Crippen MR) is 74.6 cm³/mol. The number of ether oxygens (including phenoxy) is 1. The molecule has 0 aromatic heterocycles. The van der Waals surface area contributed by atoms with Crippen LogP contribution in [0.5, 0.6) is 11.5 Å². The molecule has 0 aliphatic carbocycles. The topological polar surface area (TPSA) is 69.4 Å². The molecule has 0 unspecified atom stereocenters. The summed E-state index contributed by atoms with van der Waals surface area (Å²) < 4.78 is 18.6. The monoisotopic (exact) mass is 309 g/mol. The third-order valence-corrected chi connectivity index (χ3v) is 2.89. The highest BCUT2D eigenvalue weighted by atomic mass is 35.5. The first-order valence-electron chi connectivity index (χ1n) is 5.81. The number of carbonyl (C=O) groups excluding carboxylic acids is 1. The van der Waals surface area contributed by atoms with Crippen molar-refractivity contribution in [1.82, 2.24) is 0 Å². The van der Waals surface area contributed by atoms with Crippen LogP contribution in [-0.2, 0) is 0 Å². The molecule has 0 amide bonds. The lowest BCUT2D eigenvalue weighted by Gasteiger charge is -2.10. The average Bonchev–Trinajstić information content (AvgIpc) is 2.42. The Balaban J connectivity index is 2.48. The maximum atomic E-state index is 13.2. The van der Waals surface area contributed by atoms with Crippen LogP contribution in [0, 0.1) is 15.9 Å². The Morgan fingerprint density at radius 1 is 1.24 bits per heavy atom. The molecule has 5 nitrogen and oxygen atoms in total. The van der Waals surface area contributed by atoms with Crippen LogP contribution in [-0.4, -0.2) is 10.7 Å². The molecule has 7 heteroatoms. The van der Waals surface area contributed by atoms with Crippen molar-refractivity contribution < 1.29 is 18.8 Å². The van der Waals surface area contributed by atoms with Crippen molar-refractivity contribution in [3.63, 3.8) is 0 Å². The van der Waals surface area contributed by atoms with E-state index in [2.05, 4.69) is 0 Å². The van der Waals surface area contributed by atoms with Crippen molar-refractivity contribution in [2.75, 3.05) is 0 Å². The lowest BCUT2D eigenvalue weighted by Crippen LogP contribution is -2.00. The van der Waals surface area contributed by atoms with E-state index in [1.165, 1.54) is 25.1 Å². The third-order valence-electron chi connectivity index (χ3n) is 2.66. The van der Waals surface area contributed by atoms with Crippen molar-refractivity contribution in [3.8, 4) is 11.5 Å². The molecule has 0 bridgehead atoms. The number of nitro benzene ring substituents is 1. The minimum absolute atomic E-state index is 0.000696. The van der Waals surface area contributed by atoms with E-state index in [1.807, 2.05) is 0 Å². The molecule has 0 heterocycles. The number of halogens is 2. The normalized spacial score (nSPS) is 10.2. The van der Waals surface area contributed by atoms with Gasteiger partial charge in [0, 0.05) is 11.1 Å². The minimum Gasteiger partial charge on any atom is -0.449 e. The summed E-state index contributed by atoms with van der Waals surface area (Å²) in [7, 11) is 0. The fourth-order valence-corrected chi connectivity index (χ4v) is 1.87. The molecule has 2 aromatic rings. The Kier molecular flexibility index (Phi) is 4.18. The molecule has 21 heavy (non-hydrogen) atoms. The fraction of sp³-hybridized carbons (Fsp3) is 0.0714. The van der Waals surface area contributed by atoms with Gasteiger partial charge in [-0.1, -0.05) is 11.6 Å². The van der Waals surface area contributed by atoms with E-state index >= 15 is 0 Å². The van der Waals surface area contributed by atoms with Crippen molar-refractivity contribution >= 4 is 23.1 Å². The second kappa shape index (κ2) is 5.88. The Hall–Kier alpha value is -2.47. The summed E-state index contributed by atoms with van der Waals surface area (Å²) in [4.78, 5) is 21.8. The van der Waals surface area contributed by atoms with Gasteiger partial charge in [-0.15, -0.1) is 0 Å². The number of ketones is 1. The highest BCUT2D eigenvalue weighted by Crippen LogP contribution is 2.35. The van der Waals surface area contributed by atoms with E-state index in [4.69, 9.17) is 16.3 Å². The number of Topliss-reactive ketones (excluding diaryl/α,β-unsaturated/α-hetero) is 1. The van der Waals surface area contributed by atoms with Gasteiger partial charge < -0.3 is 4.74 Å². The molecule has 0 radical (unpaired) electrons. The van der Waals surface area contributed by atoms with Crippen molar-refractivity contribution in [3.05, 3.63) is 62.9 Å². The SMILES string of the molecule is CC(=O)c1cc(F)ccc1Oc1ccc(Cl)cc1[N+](=O)[O-]. The summed E-state index contributed by atoms with van der Waals surface area (Å²) in [5.74, 6) is -1.06. The molecule has 2 aromatic carbocycles. The number of hydrogen-bond acceptors (Lipinski definition) is 4. The molecule has 0 N–H and O–H groups in total. The van der Waals surface area contributed by atoms with E-state index in [0.717, 1.165) is 18.2 Å². The van der Waals surface area contributed by atoms with Crippen LogP contribution in [0.2, 0.25) is 5.02 Å². The van der Waals surface area contributed by atoms with Gasteiger partial charge in [0.1, 0.15) is 11.6 Å². The highest BCUT2D eigenvalue weighted by Gasteiger charge is 2.19. The Labute approximate surface area is 124 Å². The summed E-state index contributed by atoms with van der Waals surface area (Å²) in [5, 5.41) is 11.2. The molecule has 2 rings (SSSR count). The van der Waals surface area contributed by atoms with Gasteiger partial charge in [0.15, 0.2) is 5.78 Å². The van der Waals surface area contributed by atoms with E-state index in [-0.39, 0.29) is 27.8 Å². The molecule has 0 spiro atoms. The van der Waals surface area contributed by atoms with Gasteiger partial charge in [-0.25, -0.2) is 4.39 Å². The number of benzene rings is 2. The van der Waals surface area contributed by atoms with Crippen LogP contribution < -0.4 is 4.74 Å². The zero-order valence-corrected chi connectivity index (χ0v) is 11.6. The second-order valence-corrected chi connectivity index (χ2v) is 4.60. The van der Waals surface area contributed by atoms with E-state index in [0.29, 0.717) is 0 Å². The summed E-state index contributed by atoms with van der Waals surface area (Å²) >= 11 is 5.70. The number of nitrogens with zero attached hydrogens (tertiary/aromatic N) is 1. The maximum absolute atomic E-state index is 13.2. The van der Waals surface area contributed by atoms with Gasteiger partial charge in [0.2, 0.25) is 5.75 Å².